The fourth-order valence-electron chi connectivity index (χ4n) is 1.72. The standard InChI is InChI=1S/C9H15NO2/c1-3-7-4-6(2)9(11)8(5-7)10-12/h3,6,8-9,11H,4-5H2,1-2H3/b7-3+/t6?,8-,9?/m1/s1. The molecular weight excluding hydrogens is 154 g/mol. The lowest BCUT2D eigenvalue weighted by Gasteiger charge is -2.30. The van der Waals surface area contributed by atoms with Crippen LogP contribution in [0.5, 0.6) is 0 Å². The summed E-state index contributed by atoms with van der Waals surface area (Å²) in [6, 6.07) is -0.431. The number of aliphatic hydroxyl groups is 1. The van der Waals surface area contributed by atoms with Crippen LogP contribution in [-0.2, 0) is 0 Å². The van der Waals surface area contributed by atoms with Crippen LogP contribution in [0.4, 0.5) is 0 Å². The molecular formula is C9H15NO2. The monoisotopic (exact) mass is 169 g/mol. The second kappa shape index (κ2) is 3.81. The number of hydrogen-bond donors (Lipinski definition) is 1. The zero-order valence-electron chi connectivity index (χ0n) is 7.53. The molecule has 0 bridgehead atoms. The zero-order chi connectivity index (χ0) is 9.14. The second-order valence-electron chi connectivity index (χ2n) is 3.50. The van der Waals surface area contributed by atoms with Crippen LogP contribution >= 0.6 is 0 Å². The molecule has 1 aliphatic rings. The molecule has 0 aliphatic heterocycles. The molecule has 68 valence electrons. The maximum atomic E-state index is 10.3. The highest BCUT2D eigenvalue weighted by Gasteiger charge is 2.31. The molecule has 0 aromatic carbocycles. The summed E-state index contributed by atoms with van der Waals surface area (Å²) in [6.07, 6.45) is 2.99. The number of nitrogens with zero attached hydrogens (tertiary/aromatic N) is 1. The van der Waals surface area contributed by atoms with Crippen molar-refractivity contribution in [2.75, 3.05) is 0 Å². The Labute approximate surface area is 72.5 Å². The minimum absolute atomic E-state index is 0.160. The van der Waals surface area contributed by atoms with Crippen LogP contribution in [0.2, 0.25) is 0 Å². The van der Waals surface area contributed by atoms with Crippen molar-refractivity contribution in [3.63, 3.8) is 0 Å². The van der Waals surface area contributed by atoms with Crippen molar-refractivity contribution in [1.82, 2.24) is 0 Å². The molecule has 0 radical (unpaired) electrons. The summed E-state index contributed by atoms with van der Waals surface area (Å²) in [7, 11) is 0. The molecule has 0 saturated heterocycles. The van der Waals surface area contributed by atoms with Crippen LogP contribution in [0.25, 0.3) is 0 Å². The predicted octanol–water partition coefficient (Wildman–Crippen LogP) is 1.86. The molecule has 0 spiro atoms. The largest absolute Gasteiger partial charge is 0.390 e. The second-order valence-corrected chi connectivity index (χ2v) is 3.50. The first-order valence-electron chi connectivity index (χ1n) is 4.33. The third-order valence-corrected chi connectivity index (χ3v) is 2.58. The molecule has 1 saturated carbocycles. The van der Waals surface area contributed by atoms with Crippen LogP contribution in [0.1, 0.15) is 26.7 Å². The van der Waals surface area contributed by atoms with Crippen LogP contribution in [0.15, 0.2) is 16.8 Å². The highest BCUT2D eigenvalue weighted by molar-refractivity contribution is 5.10. The van der Waals surface area contributed by atoms with Crippen molar-refractivity contribution in [1.29, 1.82) is 0 Å². The zero-order valence-corrected chi connectivity index (χ0v) is 7.53. The topological polar surface area (TPSA) is 49.7 Å². The fraction of sp³-hybridized carbons (Fsp3) is 0.778. The van der Waals surface area contributed by atoms with E-state index < -0.39 is 12.1 Å². The first-order valence-corrected chi connectivity index (χ1v) is 4.33. The normalized spacial score (nSPS) is 39.9. The SMILES string of the molecule is C/C=C1\CC(C)C(O)[C@H](N=O)C1. The molecule has 0 amide bonds. The molecule has 1 fully saturated rings. The predicted molar refractivity (Wildman–Crippen MR) is 47.7 cm³/mol. The Kier molecular flexibility index (Phi) is 2.98. The van der Waals surface area contributed by atoms with Gasteiger partial charge < -0.3 is 5.11 Å². The van der Waals surface area contributed by atoms with Gasteiger partial charge in [0.1, 0.15) is 6.04 Å². The van der Waals surface area contributed by atoms with Crippen molar-refractivity contribution < 1.29 is 5.11 Å². The van der Waals surface area contributed by atoms with Gasteiger partial charge in [0.2, 0.25) is 0 Å². The van der Waals surface area contributed by atoms with Gasteiger partial charge in [-0.05, 0) is 25.7 Å². The number of rotatable bonds is 1. The quantitative estimate of drug-likeness (QED) is 0.481. The Morgan fingerprint density at radius 1 is 1.58 bits per heavy atom. The van der Waals surface area contributed by atoms with E-state index in [0.717, 1.165) is 6.42 Å². The van der Waals surface area contributed by atoms with Gasteiger partial charge in [0.15, 0.2) is 0 Å². The van der Waals surface area contributed by atoms with E-state index in [0.29, 0.717) is 6.42 Å². The molecule has 3 atom stereocenters. The summed E-state index contributed by atoms with van der Waals surface area (Å²) in [5.74, 6) is 0.160. The van der Waals surface area contributed by atoms with Crippen molar-refractivity contribution >= 4 is 0 Å². The lowest BCUT2D eigenvalue weighted by Crippen LogP contribution is -2.35. The summed E-state index contributed by atoms with van der Waals surface area (Å²) in [5, 5.41) is 12.5. The van der Waals surface area contributed by atoms with Gasteiger partial charge in [-0.15, -0.1) is 0 Å². The summed E-state index contributed by atoms with van der Waals surface area (Å²) in [5.41, 5.74) is 1.23. The number of aliphatic hydroxyl groups excluding tert-OH is 1. The van der Waals surface area contributed by atoms with E-state index in [1.165, 1.54) is 5.57 Å². The smallest absolute Gasteiger partial charge is 0.122 e. The van der Waals surface area contributed by atoms with Gasteiger partial charge in [-0.2, -0.15) is 4.91 Å². The van der Waals surface area contributed by atoms with Crippen molar-refractivity contribution in [2.45, 2.75) is 38.8 Å². The molecule has 12 heavy (non-hydrogen) atoms. The molecule has 1 rings (SSSR count). The Bertz CT molecular complexity index is 201. The maximum absolute atomic E-state index is 10.3. The van der Waals surface area contributed by atoms with Gasteiger partial charge in [-0.1, -0.05) is 23.7 Å². The molecule has 0 aromatic heterocycles. The molecule has 0 heterocycles. The van der Waals surface area contributed by atoms with E-state index in [1.807, 2.05) is 19.9 Å². The van der Waals surface area contributed by atoms with Crippen LogP contribution in [-0.4, -0.2) is 17.3 Å². The molecule has 1 N–H and O–H groups in total. The summed E-state index contributed by atoms with van der Waals surface area (Å²) in [4.78, 5) is 10.3. The van der Waals surface area contributed by atoms with Gasteiger partial charge >= 0.3 is 0 Å². The average Bonchev–Trinajstić information content (AvgIpc) is 2.09. The molecule has 3 heteroatoms. The fourth-order valence-corrected chi connectivity index (χ4v) is 1.72. The molecule has 0 aromatic rings. The van der Waals surface area contributed by atoms with Crippen LogP contribution in [0, 0.1) is 10.8 Å². The lowest BCUT2D eigenvalue weighted by atomic mass is 9.81. The Hall–Kier alpha value is -0.700. The van der Waals surface area contributed by atoms with Gasteiger partial charge in [0, 0.05) is 0 Å². The summed E-state index contributed by atoms with van der Waals surface area (Å²) >= 11 is 0. The third-order valence-electron chi connectivity index (χ3n) is 2.58. The van der Waals surface area contributed by atoms with Gasteiger partial charge in [-0.25, -0.2) is 0 Å². The van der Waals surface area contributed by atoms with E-state index in [-0.39, 0.29) is 5.92 Å². The third kappa shape index (κ3) is 1.72. The molecule has 1 aliphatic carbocycles. The Morgan fingerprint density at radius 2 is 2.25 bits per heavy atom. The van der Waals surface area contributed by atoms with E-state index in [4.69, 9.17) is 0 Å². The van der Waals surface area contributed by atoms with Gasteiger partial charge in [0.05, 0.1) is 6.10 Å². The number of allylic oxidation sites excluding steroid dienone is 1. The van der Waals surface area contributed by atoms with E-state index in [2.05, 4.69) is 5.18 Å². The van der Waals surface area contributed by atoms with Gasteiger partial charge in [-0.3, -0.25) is 0 Å². The highest BCUT2D eigenvalue weighted by Crippen LogP contribution is 2.30. The van der Waals surface area contributed by atoms with Crippen molar-refractivity contribution in [3.05, 3.63) is 16.6 Å². The number of hydrogen-bond acceptors (Lipinski definition) is 3. The van der Waals surface area contributed by atoms with E-state index >= 15 is 0 Å². The minimum atomic E-state index is -0.550. The summed E-state index contributed by atoms with van der Waals surface area (Å²) < 4.78 is 0. The highest BCUT2D eigenvalue weighted by atomic mass is 16.3. The Morgan fingerprint density at radius 3 is 2.75 bits per heavy atom. The molecule has 3 nitrogen and oxygen atoms in total. The van der Waals surface area contributed by atoms with Crippen molar-refractivity contribution in [2.24, 2.45) is 11.1 Å². The lowest BCUT2D eigenvalue weighted by molar-refractivity contribution is 0.0757. The molecule has 2 unspecified atom stereocenters. The Balaban J connectivity index is 2.70. The van der Waals surface area contributed by atoms with E-state index in [9.17, 15) is 10.0 Å². The van der Waals surface area contributed by atoms with Crippen molar-refractivity contribution in [3.8, 4) is 0 Å². The maximum Gasteiger partial charge on any atom is 0.122 e. The number of nitroso groups, excluding NO2 is 1. The summed E-state index contributed by atoms with van der Waals surface area (Å²) in [6.45, 7) is 3.91. The van der Waals surface area contributed by atoms with Crippen LogP contribution < -0.4 is 0 Å². The van der Waals surface area contributed by atoms with Gasteiger partial charge in [0.25, 0.3) is 0 Å². The van der Waals surface area contributed by atoms with Crippen LogP contribution in [0.3, 0.4) is 0 Å². The average molecular weight is 169 g/mol. The van der Waals surface area contributed by atoms with E-state index in [1.54, 1.807) is 0 Å². The minimum Gasteiger partial charge on any atom is -0.390 e. The first-order chi connectivity index (χ1) is 5.69. The first kappa shape index (κ1) is 9.39.